The minimum Gasteiger partial charge on any atom is -0.497 e. The van der Waals surface area contributed by atoms with Crippen LogP contribution >= 0.6 is 0 Å². The minimum absolute atomic E-state index is 0.245. The second-order valence-electron chi connectivity index (χ2n) is 8.37. The number of nitro benzene ring substituents is 2. The van der Waals surface area contributed by atoms with Gasteiger partial charge < -0.3 is 9.47 Å². The molecule has 176 valence electrons. The fraction of sp³-hybridized carbons (Fsp3) is 0.208. The smallest absolute Gasteiger partial charge is 0.339 e. The van der Waals surface area contributed by atoms with E-state index in [0.717, 1.165) is 34.7 Å². The summed E-state index contributed by atoms with van der Waals surface area (Å²) in [5.41, 5.74) is -0.577. The van der Waals surface area contributed by atoms with Gasteiger partial charge in [-0.05, 0) is 23.7 Å². The lowest BCUT2D eigenvalue weighted by Gasteiger charge is -2.29. The second-order valence-corrected chi connectivity index (χ2v) is 13.1. The Morgan fingerprint density at radius 1 is 0.912 bits per heavy atom. The molecule has 1 atom stereocenters. The first kappa shape index (κ1) is 24.6. The SMILES string of the molecule is COc1ccc([Si](C)(C)CC(OC(=O)c2cc([N+](=O)[O-])cc([N+](=O)[O-])c2)c2ccccc2)cc1. The first-order valence-electron chi connectivity index (χ1n) is 10.4. The lowest BCUT2D eigenvalue weighted by Crippen LogP contribution is -2.43. The van der Waals surface area contributed by atoms with Crippen molar-refractivity contribution < 1.29 is 24.1 Å². The molecule has 0 aliphatic heterocycles. The van der Waals surface area contributed by atoms with Gasteiger partial charge in [-0.1, -0.05) is 60.7 Å². The third kappa shape index (κ3) is 5.84. The van der Waals surface area contributed by atoms with E-state index in [-0.39, 0.29) is 5.56 Å². The van der Waals surface area contributed by atoms with E-state index in [1.54, 1.807) is 7.11 Å². The molecule has 0 aliphatic carbocycles. The van der Waals surface area contributed by atoms with Gasteiger partial charge in [-0.25, -0.2) is 4.79 Å². The van der Waals surface area contributed by atoms with Crippen LogP contribution in [0.4, 0.5) is 11.4 Å². The molecule has 0 saturated carbocycles. The Hall–Kier alpha value is -4.05. The number of hydrogen-bond acceptors (Lipinski definition) is 7. The number of rotatable bonds is 9. The van der Waals surface area contributed by atoms with Crippen molar-refractivity contribution in [2.45, 2.75) is 25.2 Å². The van der Waals surface area contributed by atoms with Crippen LogP contribution < -0.4 is 9.92 Å². The maximum Gasteiger partial charge on any atom is 0.339 e. The monoisotopic (exact) mass is 480 g/mol. The molecule has 9 nitrogen and oxygen atoms in total. The largest absolute Gasteiger partial charge is 0.497 e. The van der Waals surface area contributed by atoms with Crippen molar-refractivity contribution in [2.75, 3.05) is 7.11 Å². The van der Waals surface area contributed by atoms with Crippen molar-refractivity contribution in [2.24, 2.45) is 0 Å². The highest BCUT2D eigenvalue weighted by Crippen LogP contribution is 2.31. The molecule has 0 spiro atoms. The van der Waals surface area contributed by atoms with E-state index in [0.29, 0.717) is 6.04 Å². The summed E-state index contributed by atoms with van der Waals surface area (Å²) >= 11 is 0. The summed E-state index contributed by atoms with van der Waals surface area (Å²) < 4.78 is 11.1. The summed E-state index contributed by atoms with van der Waals surface area (Å²) in [6.45, 7) is 4.30. The Morgan fingerprint density at radius 3 is 1.97 bits per heavy atom. The number of carbonyl (C=O) groups is 1. The lowest BCUT2D eigenvalue weighted by atomic mass is 10.1. The van der Waals surface area contributed by atoms with Crippen molar-refractivity contribution in [3.05, 3.63) is 104 Å². The average Bonchev–Trinajstić information content (AvgIpc) is 2.83. The first-order chi connectivity index (χ1) is 16.1. The predicted octanol–water partition coefficient (Wildman–Crippen LogP) is 5.03. The maximum absolute atomic E-state index is 13.0. The number of hydrogen-bond donors (Lipinski definition) is 0. The van der Waals surface area contributed by atoms with Crippen molar-refractivity contribution in [3.63, 3.8) is 0 Å². The topological polar surface area (TPSA) is 122 Å². The lowest BCUT2D eigenvalue weighted by molar-refractivity contribution is -0.394. The van der Waals surface area contributed by atoms with Gasteiger partial charge in [0.15, 0.2) is 0 Å². The normalized spacial score (nSPS) is 12.0. The fourth-order valence-electron chi connectivity index (χ4n) is 3.64. The van der Waals surface area contributed by atoms with Gasteiger partial charge in [-0.15, -0.1) is 0 Å². The molecular formula is C24H24N2O7Si. The van der Waals surface area contributed by atoms with Gasteiger partial charge in [-0.3, -0.25) is 20.2 Å². The molecule has 0 aromatic heterocycles. The van der Waals surface area contributed by atoms with Crippen LogP contribution in [0.5, 0.6) is 5.75 Å². The molecular weight excluding hydrogens is 456 g/mol. The number of ether oxygens (including phenoxy) is 2. The van der Waals surface area contributed by atoms with E-state index < -0.39 is 41.4 Å². The Labute approximate surface area is 197 Å². The Balaban J connectivity index is 1.94. The summed E-state index contributed by atoms with van der Waals surface area (Å²) in [6, 6.07) is 20.3. The average molecular weight is 481 g/mol. The summed E-state index contributed by atoms with van der Waals surface area (Å²) in [6.07, 6.45) is -0.643. The van der Waals surface area contributed by atoms with E-state index in [1.807, 2.05) is 54.6 Å². The standard InChI is InChI=1S/C24H24N2O7Si/c1-32-21-9-11-22(12-10-21)34(2,3)16-23(17-7-5-4-6-8-17)33-24(27)18-13-19(25(28)29)15-20(14-18)26(30)31/h4-15,23H,16H2,1-3H3. The van der Waals surface area contributed by atoms with Gasteiger partial charge in [-0.2, -0.15) is 0 Å². The molecule has 1 unspecified atom stereocenters. The minimum atomic E-state index is -2.14. The van der Waals surface area contributed by atoms with E-state index in [2.05, 4.69) is 13.1 Å². The number of nitro groups is 2. The van der Waals surface area contributed by atoms with Gasteiger partial charge in [0.05, 0.1) is 36.7 Å². The third-order valence-corrected chi connectivity index (χ3v) is 8.84. The number of carbonyl (C=O) groups excluding carboxylic acids is 1. The highest BCUT2D eigenvalue weighted by molar-refractivity contribution is 6.89. The third-order valence-electron chi connectivity index (χ3n) is 5.55. The summed E-state index contributed by atoms with van der Waals surface area (Å²) in [7, 11) is -0.538. The molecule has 0 saturated heterocycles. The van der Waals surface area contributed by atoms with Gasteiger partial charge in [0.25, 0.3) is 11.4 Å². The summed E-state index contributed by atoms with van der Waals surface area (Å²) in [4.78, 5) is 33.9. The van der Waals surface area contributed by atoms with Crippen LogP contribution in [0.3, 0.4) is 0 Å². The molecule has 3 aromatic carbocycles. The zero-order valence-corrected chi connectivity index (χ0v) is 20.0. The van der Waals surface area contributed by atoms with Gasteiger partial charge in [0.2, 0.25) is 0 Å². The second kappa shape index (κ2) is 10.3. The Morgan fingerprint density at radius 2 is 1.47 bits per heavy atom. The molecule has 34 heavy (non-hydrogen) atoms. The number of methoxy groups -OCH3 is 1. The maximum atomic E-state index is 13.0. The van der Waals surface area contributed by atoms with E-state index >= 15 is 0 Å². The molecule has 0 bridgehead atoms. The van der Waals surface area contributed by atoms with E-state index in [1.165, 1.54) is 0 Å². The molecule has 3 rings (SSSR count). The van der Waals surface area contributed by atoms with Gasteiger partial charge >= 0.3 is 5.97 Å². The molecule has 0 N–H and O–H groups in total. The number of nitrogens with zero attached hydrogens (tertiary/aromatic N) is 2. The van der Waals surface area contributed by atoms with Crippen molar-refractivity contribution in [3.8, 4) is 5.75 Å². The molecule has 10 heteroatoms. The zero-order chi connectivity index (χ0) is 24.9. The van der Waals surface area contributed by atoms with Crippen molar-refractivity contribution in [1.29, 1.82) is 0 Å². The van der Waals surface area contributed by atoms with Crippen LogP contribution in [0.2, 0.25) is 19.1 Å². The molecule has 3 aromatic rings. The molecule has 0 heterocycles. The van der Waals surface area contributed by atoms with Crippen molar-refractivity contribution >= 4 is 30.6 Å². The van der Waals surface area contributed by atoms with Crippen LogP contribution in [0.25, 0.3) is 0 Å². The van der Waals surface area contributed by atoms with Crippen LogP contribution in [0.15, 0.2) is 72.8 Å². The van der Waals surface area contributed by atoms with Crippen LogP contribution in [0.1, 0.15) is 22.0 Å². The first-order valence-corrected chi connectivity index (χ1v) is 13.7. The number of benzene rings is 3. The summed E-state index contributed by atoms with van der Waals surface area (Å²) in [5.74, 6) is -0.118. The van der Waals surface area contributed by atoms with Crippen molar-refractivity contribution in [1.82, 2.24) is 0 Å². The predicted molar refractivity (Wildman–Crippen MR) is 129 cm³/mol. The van der Waals surface area contributed by atoms with E-state index in [4.69, 9.17) is 9.47 Å². The van der Waals surface area contributed by atoms with E-state index in [9.17, 15) is 25.0 Å². The van der Waals surface area contributed by atoms with Crippen LogP contribution in [0, 0.1) is 20.2 Å². The van der Waals surface area contributed by atoms with Gasteiger partial charge in [0, 0.05) is 12.1 Å². The van der Waals surface area contributed by atoms with Gasteiger partial charge in [0.1, 0.15) is 11.9 Å². The number of non-ortho nitro benzene ring substituents is 2. The fourth-order valence-corrected chi connectivity index (χ4v) is 6.19. The number of esters is 1. The zero-order valence-electron chi connectivity index (χ0n) is 19.0. The molecule has 0 aliphatic rings. The Bertz CT molecular complexity index is 1170. The van der Waals surface area contributed by atoms with Crippen LogP contribution in [-0.4, -0.2) is 31.0 Å². The molecule has 0 amide bonds. The highest BCUT2D eigenvalue weighted by atomic mass is 28.3. The highest BCUT2D eigenvalue weighted by Gasteiger charge is 2.31. The summed E-state index contributed by atoms with van der Waals surface area (Å²) in [5, 5.41) is 23.6. The Kier molecular flexibility index (Phi) is 7.42. The molecule has 0 radical (unpaired) electrons. The van der Waals surface area contributed by atoms with Crippen LogP contribution in [-0.2, 0) is 4.74 Å². The quantitative estimate of drug-likeness (QED) is 0.182. The molecule has 0 fully saturated rings.